The Morgan fingerprint density at radius 3 is 2.06 bits per heavy atom. The Balaban J connectivity index is 1.57. The molecule has 0 unspecified atom stereocenters. The molecule has 0 amide bonds. The van der Waals surface area contributed by atoms with Gasteiger partial charge in [-0.2, -0.15) is 0 Å². The van der Waals surface area contributed by atoms with E-state index >= 15 is 0 Å². The normalized spacial score (nSPS) is 28.8. The van der Waals surface area contributed by atoms with E-state index in [1.165, 1.54) is 0 Å². The Morgan fingerprint density at radius 2 is 1.35 bits per heavy atom. The second kappa shape index (κ2) is 6.73. The Morgan fingerprint density at radius 1 is 0.735 bits per heavy atom. The molecule has 168 valence electrons. The van der Waals surface area contributed by atoms with Crippen LogP contribution in [0, 0.1) is 5.41 Å². The number of hydrogen-bond acceptors (Lipinski definition) is 5. The van der Waals surface area contributed by atoms with Gasteiger partial charge in [-0.25, -0.2) is 0 Å². The molecular formula is C29H23NO4. The van der Waals surface area contributed by atoms with Gasteiger partial charge in [0.05, 0.1) is 5.56 Å². The first kappa shape index (κ1) is 19.9. The molecule has 7 rings (SSSR count). The maximum atomic E-state index is 14.6. The Bertz CT molecular complexity index is 1340. The van der Waals surface area contributed by atoms with Crippen LogP contribution in [0.15, 0.2) is 78.9 Å². The van der Waals surface area contributed by atoms with Gasteiger partial charge in [-0.05, 0) is 37.1 Å². The summed E-state index contributed by atoms with van der Waals surface area (Å²) >= 11 is 0. The van der Waals surface area contributed by atoms with Gasteiger partial charge in [-0.3, -0.25) is 19.3 Å². The van der Waals surface area contributed by atoms with Gasteiger partial charge < -0.3 is 4.74 Å². The maximum Gasteiger partial charge on any atom is 0.193 e. The van der Waals surface area contributed by atoms with Crippen molar-refractivity contribution < 1.29 is 19.1 Å². The SMILES string of the molecule is O=C1c2ccccc2C(=O)C12N1CCC[C@@H]1[C@@H](c1ccccc1)[C@@]21COc2ccccc2C1=O. The number of ether oxygens (including phenoxy) is 1. The van der Waals surface area contributed by atoms with Crippen LogP contribution in [0.1, 0.15) is 55.4 Å². The van der Waals surface area contributed by atoms with Gasteiger partial charge in [-0.1, -0.05) is 66.7 Å². The van der Waals surface area contributed by atoms with Crippen molar-refractivity contribution in [3.63, 3.8) is 0 Å². The highest BCUT2D eigenvalue weighted by Crippen LogP contribution is 2.65. The molecule has 3 aromatic rings. The summed E-state index contributed by atoms with van der Waals surface area (Å²) in [5.41, 5.74) is -0.684. The van der Waals surface area contributed by atoms with Crippen LogP contribution in [-0.2, 0) is 0 Å². The number of ketones is 3. The van der Waals surface area contributed by atoms with E-state index < -0.39 is 11.0 Å². The van der Waals surface area contributed by atoms with E-state index in [1.807, 2.05) is 42.5 Å². The monoisotopic (exact) mass is 449 g/mol. The number of Topliss-reactive ketones (excluding diaryl/α,β-unsaturated/α-hetero) is 3. The zero-order valence-electron chi connectivity index (χ0n) is 18.6. The molecule has 3 heterocycles. The van der Waals surface area contributed by atoms with Gasteiger partial charge in [0.15, 0.2) is 22.9 Å². The lowest BCUT2D eigenvalue weighted by Crippen LogP contribution is -2.67. The van der Waals surface area contributed by atoms with E-state index in [-0.39, 0.29) is 35.9 Å². The third kappa shape index (κ3) is 2.08. The third-order valence-corrected chi connectivity index (χ3v) is 8.52. The molecule has 3 aliphatic heterocycles. The molecule has 2 saturated heterocycles. The van der Waals surface area contributed by atoms with Crippen LogP contribution in [-0.4, -0.2) is 47.0 Å². The second-order valence-electron chi connectivity index (χ2n) is 9.79. The zero-order chi connectivity index (χ0) is 23.1. The van der Waals surface area contributed by atoms with Crippen molar-refractivity contribution in [3.8, 4) is 5.75 Å². The van der Waals surface area contributed by atoms with Crippen molar-refractivity contribution in [2.75, 3.05) is 13.2 Å². The van der Waals surface area contributed by atoms with E-state index in [0.717, 1.165) is 18.4 Å². The lowest BCUT2D eigenvalue weighted by Gasteiger charge is -2.47. The summed E-state index contributed by atoms with van der Waals surface area (Å²) < 4.78 is 6.28. The maximum absolute atomic E-state index is 14.6. The second-order valence-corrected chi connectivity index (χ2v) is 9.79. The fourth-order valence-electron chi connectivity index (χ4n) is 7.35. The van der Waals surface area contributed by atoms with Gasteiger partial charge in [0.25, 0.3) is 0 Å². The molecule has 0 bridgehead atoms. The van der Waals surface area contributed by atoms with E-state index in [9.17, 15) is 14.4 Å². The van der Waals surface area contributed by atoms with Crippen molar-refractivity contribution in [1.82, 2.24) is 4.90 Å². The topological polar surface area (TPSA) is 63.7 Å². The van der Waals surface area contributed by atoms with Crippen molar-refractivity contribution >= 4 is 17.3 Å². The first-order chi connectivity index (χ1) is 16.6. The lowest BCUT2D eigenvalue weighted by molar-refractivity contribution is 0.0101. The van der Waals surface area contributed by atoms with Crippen molar-refractivity contribution in [3.05, 3.63) is 101 Å². The van der Waals surface area contributed by atoms with Crippen LogP contribution in [0.4, 0.5) is 0 Å². The Hall–Kier alpha value is -3.57. The van der Waals surface area contributed by atoms with Gasteiger partial charge in [0.1, 0.15) is 17.8 Å². The quantitative estimate of drug-likeness (QED) is 0.518. The molecule has 34 heavy (non-hydrogen) atoms. The highest BCUT2D eigenvalue weighted by atomic mass is 16.5. The Labute approximate surface area is 197 Å². The molecule has 2 fully saturated rings. The molecule has 5 heteroatoms. The van der Waals surface area contributed by atoms with Gasteiger partial charge in [-0.15, -0.1) is 0 Å². The first-order valence-corrected chi connectivity index (χ1v) is 11.9. The molecule has 4 aliphatic rings. The predicted molar refractivity (Wildman–Crippen MR) is 125 cm³/mol. The van der Waals surface area contributed by atoms with Crippen molar-refractivity contribution in [2.45, 2.75) is 30.3 Å². The molecule has 1 aliphatic carbocycles. The number of hydrogen-bond donors (Lipinski definition) is 0. The number of para-hydroxylation sites is 1. The minimum atomic E-state index is -1.59. The average molecular weight is 450 g/mol. The lowest BCUT2D eigenvalue weighted by atomic mass is 9.56. The number of fused-ring (bicyclic) bond motifs is 5. The molecule has 3 atom stereocenters. The van der Waals surface area contributed by atoms with Crippen molar-refractivity contribution in [1.29, 1.82) is 0 Å². The minimum Gasteiger partial charge on any atom is -0.492 e. The highest BCUT2D eigenvalue weighted by Gasteiger charge is 2.80. The molecule has 2 spiro atoms. The summed E-state index contributed by atoms with van der Waals surface area (Å²) in [6, 6.07) is 24.0. The summed E-state index contributed by atoms with van der Waals surface area (Å²) in [6.45, 7) is 0.608. The summed E-state index contributed by atoms with van der Waals surface area (Å²) in [5, 5.41) is 0. The predicted octanol–water partition coefficient (Wildman–Crippen LogP) is 4.33. The van der Waals surface area contributed by atoms with Crippen molar-refractivity contribution in [2.24, 2.45) is 5.41 Å². The molecule has 0 aromatic heterocycles. The fraction of sp³-hybridized carbons (Fsp3) is 0.276. The summed E-state index contributed by atoms with van der Waals surface area (Å²) in [7, 11) is 0. The summed E-state index contributed by atoms with van der Waals surface area (Å²) in [4.78, 5) is 45.5. The molecule has 0 saturated carbocycles. The van der Waals surface area contributed by atoms with Gasteiger partial charge >= 0.3 is 0 Å². The summed E-state index contributed by atoms with van der Waals surface area (Å²) in [6.07, 6.45) is 1.71. The average Bonchev–Trinajstić information content (AvgIpc) is 3.51. The molecule has 0 radical (unpaired) electrons. The third-order valence-electron chi connectivity index (χ3n) is 8.52. The number of nitrogens with zero attached hydrogens (tertiary/aromatic N) is 1. The number of carbonyl (C=O) groups excluding carboxylic acids is 3. The Kier molecular flexibility index (Phi) is 3.93. The number of benzene rings is 3. The summed E-state index contributed by atoms with van der Waals surface area (Å²) in [5.74, 6) is -0.488. The van der Waals surface area contributed by atoms with E-state index in [2.05, 4.69) is 4.90 Å². The van der Waals surface area contributed by atoms with Crippen LogP contribution in [0.25, 0.3) is 0 Å². The van der Waals surface area contributed by atoms with E-state index in [0.29, 0.717) is 29.0 Å². The minimum absolute atomic E-state index is 0.000869. The van der Waals surface area contributed by atoms with Crippen LogP contribution in [0.5, 0.6) is 5.75 Å². The molecule has 5 nitrogen and oxygen atoms in total. The van der Waals surface area contributed by atoms with Crippen LogP contribution in [0.3, 0.4) is 0 Å². The molecule has 0 N–H and O–H groups in total. The van der Waals surface area contributed by atoms with Gasteiger partial charge in [0.2, 0.25) is 0 Å². The fourth-order valence-corrected chi connectivity index (χ4v) is 7.35. The highest BCUT2D eigenvalue weighted by molar-refractivity contribution is 6.36. The smallest absolute Gasteiger partial charge is 0.193 e. The molecule has 3 aromatic carbocycles. The number of rotatable bonds is 1. The largest absolute Gasteiger partial charge is 0.492 e. The molecular weight excluding hydrogens is 426 g/mol. The van der Waals surface area contributed by atoms with E-state index in [1.54, 1.807) is 36.4 Å². The van der Waals surface area contributed by atoms with E-state index in [4.69, 9.17) is 4.74 Å². The van der Waals surface area contributed by atoms with Crippen LogP contribution in [0.2, 0.25) is 0 Å². The zero-order valence-corrected chi connectivity index (χ0v) is 18.6. The number of carbonyl (C=O) groups is 3. The van der Waals surface area contributed by atoms with Gasteiger partial charge in [0, 0.05) is 23.1 Å². The standard InChI is InChI=1S/C29H23NO4/c31-25-21-13-6-7-15-23(21)34-17-28(25)24(18-9-2-1-3-10-18)22-14-8-16-30(22)29(28)26(32)19-11-4-5-12-20(19)27(29)33/h1-7,9-13,15,22,24H,8,14,16-17H2/t22-,24-,28-/m1/s1. The van der Waals surface area contributed by atoms with Crippen LogP contribution >= 0.6 is 0 Å². The van der Waals surface area contributed by atoms with Crippen LogP contribution < -0.4 is 4.74 Å². The first-order valence-electron chi connectivity index (χ1n) is 11.9.